The second kappa shape index (κ2) is 2.60. The molecule has 1 fully saturated rings. The van der Waals surface area contributed by atoms with Gasteiger partial charge in [-0.05, 0) is 18.3 Å². The summed E-state index contributed by atoms with van der Waals surface area (Å²) in [5.41, 5.74) is 0. The molecule has 1 saturated carbocycles. The minimum absolute atomic E-state index is 0.221. The minimum atomic E-state index is 0.221. The number of nitrogens with one attached hydrogen (secondary N) is 1. The molecule has 0 aliphatic heterocycles. The highest BCUT2D eigenvalue weighted by molar-refractivity contribution is 5.81. The predicted octanol–water partition coefficient (Wildman–Crippen LogP) is 1.02. The van der Waals surface area contributed by atoms with Crippen LogP contribution in [0.1, 0.15) is 20.3 Å². The molecular formula is C8H15NO. The molecule has 2 nitrogen and oxygen atoms in total. The van der Waals surface area contributed by atoms with Crippen molar-refractivity contribution >= 4 is 5.91 Å². The van der Waals surface area contributed by atoms with E-state index in [1.807, 2.05) is 0 Å². The first-order chi connectivity index (χ1) is 4.66. The molecule has 10 heavy (non-hydrogen) atoms. The first kappa shape index (κ1) is 7.58. The topological polar surface area (TPSA) is 29.1 Å². The van der Waals surface area contributed by atoms with Crippen LogP contribution in [0.4, 0.5) is 0 Å². The number of amides is 1. The van der Waals surface area contributed by atoms with Gasteiger partial charge in [-0.2, -0.15) is 0 Å². The molecule has 58 valence electrons. The third kappa shape index (κ3) is 1.31. The van der Waals surface area contributed by atoms with Crippen LogP contribution in [0.3, 0.4) is 0 Å². The zero-order valence-electron chi connectivity index (χ0n) is 6.85. The largest absolute Gasteiger partial charge is 0.359 e. The fraction of sp³-hybridized carbons (Fsp3) is 0.875. The highest BCUT2D eigenvalue weighted by Gasteiger charge is 2.43. The number of carbonyl (C=O) groups excluding carboxylic acids is 1. The van der Waals surface area contributed by atoms with E-state index >= 15 is 0 Å². The van der Waals surface area contributed by atoms with Crippen LogP contribution in [0.5, 0.6) is 0 Å². The summed E-state index contributed by atoms with van der Waals surface area (Å²) >= 11 is 0. The standard InChI is InChI=1S/C8H15NO/c1-5(2)6-4-7(6)8(10)9-3/h5-7H,4H2,1-3H3,(H,9,10)/t6-,7?/m1/s1. The average molecular weight is 141 g/mol. The number of rotatable bonds is 2. The lowest BCUT2D eigenvalue weighted by Crippen LogP contribution is -2.21. The summed E-state index contributed by atoms with van der Waals surface area (Å²) in [6, 6.07) is 0. The van der Waals surface area contributed by atoms with Gasteiger partial charge in [0.25, 0.3) is 0 Å². The first-order valence-corrected chi connectivity index (χ1v) is 3.88. The van der Waals surface area contributed by atoms with Crippen molar-refractivity contribution in [3.8, 4) is 0 Å². The molecule has 0 aromatic rings. The van der Waals surface area contributed by atoms with Crippen molar-refractivity contribution in [1.29, 1.82) is 0 Å². The average Bonchev–Trinajstić information content (AvgIpc) is 2.64. The molecule has 1 unspecified atom stereocenters. The summed E-state index contributed by atoms with van der Waals surface area (Å²) < 4.78 is 0. The molecule has 0 spiro atoms. The van der Waals surface area contributed by atoms with E-state index in [0.717, 1.165) is 6.42 Å². The van der Waals surface area contributed by atoms with Gasteiger partial charge < -0.3 is 5.32 Å². The third-order valence-corrected chi connectivity index (χ3v) is 2.28. The van der Waals surface area contributed by atoms with Crippen LogP contribution < -0.4 is 5.32 Å². The van der Waals surface area contributed by atoms with Crippen LogP contribution in [-0.2, 0) is 4.79 Å². The van der Waals surface area contributed by atoms with Gasteiger partial charge in [-0.3, -0.25) is 4.79 Å². The van der Waals surface area contributed by atoms with E-state index in [0.29, 0.717) is 17.8 Å². The summed E-state index contributed by atoms with van der Waals surface area (Å²) in [4.78, 5) is 11.0. The van der Waals surface area contributed by atoms with Crippen LogP contribution in [-0.4, -0.2) is 13.0 Å². The Morgan fingerprint density at radius 1 is 1.60 bits per heavy atom. The third-order valence-electron chi connectivity index (χ3n) is 2.28. The van der Waals surface area contributed by atoms with Crippen molar-refractivity contribution in [3.63, 3.8) is 0 Å². The normalized spacial score (nSPS) is 30.4. The number of hydrogen-bond acceptors (Lipinski definition) is 1. The van der Waals surface area contributed by atoms with Gasteiger partial charge in [0.15, 0.2) is 0 Å². The Bertz CT molecular complexity index is 142. The SMILES string of the molecule is CNC(=O)C1C[C@@H]1C(C)C. The lowest BCUT2D eigenvalue weighted by molar-refractivity contribution is -0.122. The maximum absolute atomic E-state index is 11.0. The molecule has 1 amide bonds. The smallest absolute Gasteiger partial charge is 0.223 e. The zero-order valence-corrected chi connectivity index (χ0v) is 6.85. The molecule has 0 bridgehead atoms. The van der Waals surface area contributed by atoms with E-state index in [2.05, 4.69) is 19.2 Å². The highest BCUT2D eigenvalue weighted by Crippen LogP contribution is 2.43. The number of hydrogen-bond donors (Lipinski definition) is 1. The molecule has 1 aliphatic rings. The molecule has 0 radical (unpaired) electrons. The lowest BCUT2D eigenvalue weighted by atomic mass is 10.1. The summed E-state index contributed by atoms with van der Waals surface area (Å²) in [5.74, 6) is 1.87. The van der Waals surface area contributed by atoms with Crippen molar-refractivity contribution in [2.45, 2.75) is 20.3 Å². The highest BCUT2D eigenvalue weighted by atomic mass is 16.1. The lowest BCUT2D eigenvalue weighted by Gasteiger charge is -2.01. The van der Waals surface area contributed by atoms with Crippen LogP contribution in [0.25, 0.3) is 0 Å². The quantitative estimate of drug-likeness (QED) is 0.611. The molecule has 2 heteroatoms. The van der Waals surface area contributed by atoms with Crippen LogP contribution in [0.15, 0.2) is 0 Å². The van der Waals surface area contributed by atoms with Gasteiger partial charge in [0, 0.05) is 13.0 Å². The monoisotopic (exact) mass is 141 g/mol. The van der Waals surface area contributed by atoms with Crippen molar-refractivity contribution in [2.75, 3.05) is 7.05 Å². The van der Waals surface area contributed by atoms with Gasteiger partial charge in [-0.1, -0.05) is 13.8 Å². The Hall–Kier alpha value is -0.530. The van der Waals surface area contributed by atoms with Gasteiger partial charge >= 0.3 is 0 Å². The molecule has 1 N–H and O–H groups in total. The van der Waals surface area contributed by atoms with Crippen LogP contribution in [0.2, 0.25) is 0 Å². The fourth-order valence-electron chi connectivity index (χ4n) is 1.44. The minimum Gasteiger partial charge on any atom is -0.359 e. The van der Waals surface area contributed by atoms with E-state index in [-0.39, 0.29) is 5.91 Å². The Kier molecular flexibility index (Phi) is 1.97. The number of carbonyl (C=O) groups is 1. The Labute approximate surface area is 62.0 Å². The molecule has 0 saturated heterocycles. The van der Waals surface area contributed by atoms with E-state index in [1.54, 1.807) is 7.05 Å². The van der Waals surface area contributed by atoms with Gasteiger partial charge in [0.05, 0.1) is 0 Å². The van der Waals surface area contributed by atoms with Crippen LogP contribution in [0, 0.1) is 17.8 Å². The second-order valence-electron chi connectivity index (χ2n) is 3.36. The maximum atomic E-state index is 11.0. The molecule has 2 atom stereocenters. The first-order valence-electron chi connectivity index (χ1n) is 3.88. The fourth-order valence-corrected chi connectivity index (χ4v) is 1.44. The molecule has 0 aromatic carbocycles. The van der Waals surface area contributed by atoms with Crippen molar-refractivity contribution in [3.05, 3.63) is 0 Å². The van der Waals surface area contributed by atoms with Crippen LogP contribution >= 0.6 is 0 Å². The van der Waals surface area contributed by atoms with Gasteiger partial charge in [-0.15, -0.1) is 0 Å². The van der Waals surface area contributed by atoms with E-state index in [4.69, 9.17) is 0 Å². The van der Waals surface area contributed by atoms with Gasteiger partial charge in [0.2, 0.25) is 5.91 Å². The predicted molar refractivity (Wildman–Crippen MR) is 40.5 cm³/mol. The summed E-state index contributed by atoms with van der Waals surface area (Å²) in [7, 11) is 1.71. The van der Waals surface area contributed by atoms with Crippen molar-refractivity contribution in [1.82, 2.24) is 5.32 Å². The molecule has 0 aromatic heterocycles. The molecule has 0 heterocycles. The summed E-state index contributed by atoms with van der Waals surface area (Å²) in [5, 5.41) is 2.67. The van der Waals surface area contributed by atoms with Gasteiger partial charge in [0.1, 0.15) is 0 Å². The Balaban J connectivity index is 2.31. The molecule has 1 aliphatic carbocycles. The maximum Gasteiger partial charge on any atom is 0.223 e. The van der Waals surface area contributed by atoms with E-state index in [9.17, 15) is 4.79 Å². The van der Waals surface area contributed by atoms with Gasteiger partial charge in [-0.25, -0.2) is 0 Å². The van der Waals surface area contributed by atoms with E-state index < -0.39 is 0 Å². The molecular weight excluding hydrogens is 126 g/mol. The second-order valence-corrected chi connectivity index (χ2v) is 3.36. The zero-order chi connectivity index (χ0) is 7.72. The Morgan fingerprint density at radius 2 is 2.20 bits per heavy atom. The van der Waals surface area contributed by atoms with Crippen molar-refractivity contribution in [2.24, 2.45) is 17.8 Å². The molecule has 1 rings (SSSR count). The van der Waals surface area contributed by atoms with E-state index in [1.165, 1.54) is 0 Å². The summed E-state index contributed by atoms with van der Waals surface area (Å²) in [6.45, 7) is 4.35. The van der Waals surface area contributed by atoms with Crippen molar-refractivity contribution < 1.29 is 4.79 Å². The Morgan fingerprint density at radius 3 is 2.50 bits per heavy atom. The summed E-state index contributed by atoms with van der Waals surface area (Å²) in [6.07, 6.45) is 1.09.